The Labute approximate surface area is 93.3 Å². The van der Waals surface area contributed by atoms with Crippen molar-refractivity contribution in [1.29, 1.82) is 0 Å². The number of hydrogen-bond acceptors (Lipinski definition) is 2. The molecule has 1 unspecified atom stereocenters. The molecule has 0 saturated heterocycles. The maximum Gasteiger partial charge on any atom is 0.0717 e. The van der Waals surface area contributed by atoms with Crippen molar-refractivity contribution in [2.24, 2.45) is 0 Å². The van der Waals surface area contributed by atoms with Gasteiger partial charge in [-0.3, -0.25) is 4.98 Å². The molecule has 72 valence electrons. The molecule has 0 aliphatic rings. The number of pyridine rings is 1. The van der Waals surface area contributed by atoms with Crippen LogP contribution in [0.2, 0.25) is 5.02 Å². The molecule has 1 heterocycles. The minimum Gasteiger partial charge on any atom is -0.323 e. The number of hydrogen-bond donors (Lipinski definition) is 1. The molecule has 0 saturated carbocycles. The van der Waals surface area contributed by atoms with Gasteiger partial charge >= 0.3 is 0 Å². The maximum atomic E-state index is 9.25. The summed E-state index contributed by atoms with van der Waals surface area (Å²) in [4.78, 5) is 4.84. The first-order valence-electron chi connectivity index (χ1n) is 3.83. The summed E-state index contributed by atoms with van der Waals surface area (Å²) in [5.74, 6) is 0. The Kier molecular flexibility index (Phi) is 2.78. The highest BCUT2D eigenvalue weighted by Crippen LogP contribution is 2.23. The van der Waals surface area contributed by atoms with Gasteiger partial charge in [0.15, 0.2) is 0 Å². The molecule has 0 aliphatic carbocycles. The summed E-state index contributed by atoms with van der Waals surface area (Å²) < 4.78 is 9.25. The van der Waals surface area contributed by atoms with Crippen LogP contribution in [0.1, 0.15) is 0 Å². The van der Waals surface area contributed by atoms with E-state index in [0.29, 0.717) is 9.92 Å². The van der Waals surface area contributed by atoms with Crippen LogP contribution in [0, 0.1) is 0 Å². The quantitative estimate of drug-likeness (QED) is 0.836. The summed E-state index contributed by atoms with van der Waals surface area (Å²) in [5, 5.41) is 1.44. The molecule has 0 spiro atoms. The van der Waals surface area contributed by atoms with Crippen molar-refractivity contribution in [3.05, 3.63) is 35.5 Å². The first-order chi connectivity index (χ1) is 6.68. The molecule has 1 atom stereocenters. The Morgan fingerprint density at radius 3 is 2.86 bits per heavy atom. The van der Waals surface area contributed by atoms with E-state index in [0.717, 1.165) is 10.9 Å². The number of benzene rings is 1. The average molecular weight is 244 g/mol. The zero-order chi connectivity index (χ0) is 10.1. The summed E-state index contributed by atoms with van der Waals surface area (Å²) in [6.45, 7) is 0. The number of aromatic nitrogens is 1. The van der Waals surface area contributed by atoms with Gasteiger partial charge in [0.05, 0.1) is 10.5 Å². The molecule has 0 bridgehead atoms. The molecule has 0 amide bonds. The lowest BCUT2D eigenvalue weighted by Gasteiger charge is -2.02. The molecule has 2 rings (SSSR count). The Morgan fingerprint density at radius 2 is 2.14 bits per heavy atom. The summed E-state index contributed by atoms with van der Waals surface area (Å²) in [6, 6.07) is 7.06. The summed E-state index contributed by atoms with van der Waals surface area (Å²) >= 11 is 10.8. The van der Waals surface area contributed by atoms with Crippen molar-refractivity contribution in [3.63, 3.8) is 0 Å². The molecule has 1 N–H and O–H groups in total. The van der Waals surface area contributed by atoms with Crippen LogP contribution in [-0.2, 0) is 20.9 Å². The zero-order valence-corrected chi connectivity index (χ0v) is 9.36. The van der Waals surface area contributed by atoms with Crippen LogP contribution in [0.3, 0.4) is 0 Å². The fraction of sp³-hybridized carbons (Fsp3) is 0. The van der Waals surface area contributed by atoms with Crippen LogP contribution >= 0.6 is 11.6 Å². The van der Waals surface area contributed by atoms with E-state index in [1.165, 1.54) is 0 Å². The Bertz CT molecular complexity index is 515. The second kappa shape index (κ2) is 3.90. The van der Waals surface area contributed by atoms with Crippen LogP contribution in [0.5, 0.6) is 0 Å². The number of rotatable bonds is 1. The van der Waals surface area contributed by atoms with Crippen molar-refractivity contribution >= 4 is 43.4 Å². The van der Waals surface area contributed by atoms with E-state index in [-0.39, 0.29) is 0 Å². The lowest BCUT2D eigenvalue weighted by molar-refractivity contribution is 0.656. The normalized spacial score (nSPS) is 13.0. The van der Waals surface area contributed by atoms with Gasteiger partial charge in [-0.1, -0.05) is 11.6 Å². The van der Waals surface area contributed by atoms with Gasteiger partial charge in [0.25, 0.3) is 0 Å². The van der Waals surface area contributed by atoms with Crippen molar-refractivity contribution in [2.45, 2.75) is 4.90 Å². The van der Waals surface area contributed by atoms with Gasteiger partial charge in [-0.2, -0.15) is 0 Å². The summed E-state index contributed by atoms with van der Waals surface area (Å²) in [7, 11) is -1.15. The second-order valence-corrected chi connectivity index (χ2v) is 5.05. The van der Waals surface area contributed by atoms with Gasteiger partial charge in [-0.05, 0) is 35.5 Å². The molecule has 2 aromatic rings. The maximum absolute atomic E-state index is 9.25. The van der Waals surface area contributed by atoms with E-state index in [1.54, 1.807) is 30.5 Å². The van der Waals surface area contributed by atoms with Gasteiger partial charge < -0.3 is 4.55 Å². The highest BCUT2D eigenvalue weighted by atomic mass is 35.5. The molecule has 2 nitrogen and oxygen atoms in total. The van der Waals surface area contributed by atoms with Crippen molar-refractivity contribution < 1.29 is 4.55 Å². The lowest BCUT2D eigenvalue weighted by Crippen LogP contribution is -1.87. The van der Waals surface area contributed by atoms with Gasteiger partial charge in [0, 0.05) is 26.2 Å². The minimum atomic E-state index is -1.15. The van der Waals surface area contributed by atoms with E-state index >= 15 is 0 Å². The van der Waals surface area contributed by atoms with Gasteiger partial charge in [0.2, 0.25) is 0 Å². The molecule has 0 aliphatic heterocycles. The third kappa shape index (κ3) is 1.79. The highest BCUT2D eigenvalue weighted by molar-refractivity contribution is 8.25. The van der Waals surface area contributed by atoms with Gasteiger partial charge in [-0.15, -0.1) is 0 Å². The largest absolute Gasteiger partial charge is 0.323 e. The molecular formula is C9H6ClNOS2. The zero-order valence-electron chi connectivity index (χ0n) is 6.98. The minimum absolute atomic E-state index is 0.623. The Balaban J connectivity index is 2.76. The molecule has 0 fully saturated rings. The molecule has 1 aromatic heterocycles. The average Bonchev–Trinajstić information content (AvgIpc) is 2.18. The second-order valence-electron chi connectivity index (χ2n) is 2.72. The summed E-state index contributed by atoms with van der Waals surface area (Å²) in [6.07, 6.45) is 1.65. The third-order valence-corrected chi connectivity index (χ3v) is 3.43. The fourth-order valence-electron chi connectivity index (χ4n) is 1.20. The highest BCUT2D eigenvalue weighted by Gasteiger charge is 2.02. The molecule has 5 heteroatoms. The van der Waals surface area contributed by atoms with Gasteiger partial charge in [0.1, 0.15) is 0 Å². The smallest absolute Gasteiger partial charge is 0.0717 e. The predicted molar refractivity (Wildman–Crippen MR) is 62.4 cm³/mol. The van der Waals surface area contributed by atoms with Crippen LogP contribution in [-0.4, -0.2) is 9.54 Å². The van der Waals surface area contributed by atoms with E-state index in [9.17, 15) is 4.55 Å². The number of fused-ring (bicyclic) bond motifs is 1. The standard InChI is InChI=1S/C9H6ClNOS2/c10-8-3-4-11-9-2-1-6(14(12)13)5-7(8)9/h1-5H,(H,12,13). The van der Waals surface area contributed by atoms with Crippen molar-refractivity contribution in [3.8, 4) is 0 Å². The van der Waals surface area contributed by atoms with Crippen molar-refractivity contribution in [2.75, 3.05) is 0 Å². The van der Waals surface area contributed by atoms with Crippen LogP contribution in [0.4, 0.5) is 0 Å². The van der Waals surface area contributed by atoms with Gasteiger partial charge in [-0.25, -0.2) is 0 Å². The van der Waals surface area contributed by atoms with E-state index in [4.69, 9.17) is 22.8 Å². The third-order valence-electron chi connectivity index (χ3n) is 1.86. The van der Waals surface area contributed by atoms with E-state index in [1.807, 2.05) is 0 Å². The van der Waals surface area contributed by atoms with Crippen LogP contribution < -0.4 is 0 Å². The molecular weight excluding hydrogens is 238 g/mol. The van der Waals surface area contributed by atoms with E-state index < -0.39 is 9.74 Å². The molecule has 14 heavy (non-hydrogen) atoms. The topological polar surface area (TPSA) is 33.1 Å². The Hall–Kier alpha value is -0.550. The number of nitrogens with zero attached hydrogens (tertiary/aromatic N) is 1. The SMILES string of the molecule is OS(=S)c1ccc2nccc(Cl)c2c1. The Morgan fingerprint density at radius 1 is 1.36 bits per heavy atom. The van der Waals surface area contributed by atoms with E-state index in [2.05, 4.69) is 4.98 Å². The monoisotopic (exact) mass is 243 g/mol. The number of halogens is 1. The fourth-order valence-corrected chi connectivity index (χ4v) is 2.12. The van der Waals surface area contributed by atoms with Crippen molar-refractivity contribution in [1.82, 2.24) is 4.98 Å². The lowest BCUT2D eigenvalue weighted by atomic mass is 10.2. The predicted octanol–water partition coefficient (Wildman–Crippen LogP) is 2.80. The first-order valence-corrected chi connectivity index (χ1v) is 6.32. The first kappa shape index (κ1) is 9.98. The van der Waals surface area contributed by atoms with Crippen LogP contribution in [0.15, 0.2) is 35.4 Å². The van der Waals surface area contributed by atoms with Crippen LogP contribution in [0.25, 0.3) is 10.9 Å². The summed E-state index contributed by atoms with van der Waals surface area (Å²) in [5.41, 5.74) is 0.807. The molecule has 0 radical (unpaired) electrons. The molecule has 1 aromatic carbocycles.